The maximum atomic E-state index is 12.4. The smallest absolute Gasteiger partial charge is 0.317 e. The fraction of sp³-hybridized carbons (Fsp3) is 0.850. The lowest BCUT2D eigenvalue weighted by molar-refractivity contribution is -0.154. The molecule has 3 rings (SSSR count). The van der Waals surface area contributed by atoms with Gasteiger partial charge >= 0.3 is 17.8 Å². The summed E-state index contributed by atoms with van der Waals surface area (Å²) in [6, 6.07) is -0.0516. The first kappa shape index (κ1) is 20.9. The highest BCUT2D eigenvalue weighted by Crippen LogP contribution is 2.30. The first-order valence-electron chi connectivity index (χ1n) is 10.8. The van der Waals surface area contributed by atoms with E-state index < -0.39 is 11.8 Å². The number of nitrogens with zero attached hydrogens (tertiary/aromatic N) is 3. The lowest BCUT2D eigenvalue weighted by atomic mass is 9.81. The molecule has 3 fully saturated rings. The summed E-state index contributed by atoms with van der Waals surface area (Å²) in [4.78, 5) is 42.1. The van der Waals surface area contributed by atoms with Crippen LogP contribution in [0, 0.1) is 11.8 Å². The van der Waals surface area contributed by atoms with E-state index in [1.165, 1.54) is 32.1 Å². The first-order chi connectivity index (χ1) is 13.6. The molecule has 1 saturated carbocycles. The molecule has 1 aliphatic carbocycles. The van der Waals surface area contributed by atoms with Gasteiger partial charge in [-0.25, -0.2) is 4.79 Å². The Hall–Kier alpha value is -1.83. The van der Waals surface area contributed by atoms with Gasteiger partial charge in [-0.05, 0) is 24.7 Å². The lowest BCUT2D eigenvalue weighted by Gasteiger charge is -2.36. The highest BCUT2D eigenvalue weighted by Gasteiger charge is 2.31. The molecule has 0 aromatic heterocycles. The number of rotatable bonds is 3. The summed E-state index contributed by atoms with van der Waals surface area (Å²) in [6.45, 7) is 6.64. The molecule has 28 heavy (non-hydrogen) atoms. The highest BCUT2D eigenvalue weighted by atomic mass is 16.5. The number of piperazine rings is 1. The molecule has 4 amide bonds. The first-order valence-corrected chi connectivity index (χ1v) is 10.8. The molecule has 0 unspecified atom stereocenters. The monoisotopic (exact) mass is 394 g/mol. The third-order valence-corrected chi connectivity index (χ3v) is 6.42. The number of carbonyl (C=O) groups is 3. The molecule has 1 N–H and O–H groups in total. The Bertz CT molecular complexity index is 548. The van der Waals surface area contributed by atoms with E-state index in [2.05, 4.69) is 12.2 Å². The Balaban J connectivity index is 1.36. The Labute approximate surface area is 167 Å². The molecule has 0 bridgehead atoms. The molecule has 2 heterocycles. The van der Waals surface area contributed by atoms with Crippen molar-refractivity contribution in [1.29, 1.82) is 0 Å². The van der Waals surface area contributed by atoms with Crippen LogP contribution < -0.4 is 5.32 Å². The summed E-state index contributed by atoms with van der Waals surface area (Å²) in [7, 11) is 0. The molecule has 0 aromatic rings. The zero-order chi connectivity index (χ0) is 19.9. The Kier molecular flexibility index (Phi) is 7.53. The predicted molar refractivity (Wildman–Crippen MR) is 105 cm³/mol. The molecular weight excluding hydrogens is 360 g/mol. The van der Waals surface area contributed by atoms with Gasteiger partial charge in [-0.3, -0.25) is 9.59 Å². The summed E-state index contributed by atoms with van der Waals surface area (Å²) < 4.78 is 5.22. The number of morpholine rings is 1. The number of amides is 4. The summed E-state index contributed by atoms with van der Waals surface area (Å²) in [6.07, 6.45) is 6.20. The van der Waals surface area contributed by atoms with Crippen molar-refractivity contribution in [2.24, 2.45) is 11.8 Å². The quantitative estimate of drug-likeness (QED) is 0.722. The third kappa shape index (κ3) is 5.37. The zero-order valence-corrected chi connectivity index (χ0v) is 17.0. The van der Waals surface area contributed by atoms with E-state index in [9.17, 15) is 14.4 Å². The largest absolute Gasteiger partial charge is 0.378 e. The van der Waals surface area contributed by atoms with Gasteiger partial charge in [-0.15, -0.1) is 0 Å². The van der Waals surface area contributed by atoms with Crippen molar-refractivity contribution in [3.05, 3.63) is 0 Å². The average molecular weight is 395 g/mol. The molecule has 2 aliphatic heterocycles. The summed E-state index contributed by atoms with van der Waals surface area (Å²) in [5, 5.41) is 3.07. The molecule has 0 spiro atoms. The minimum atomic E-state index is -0.463. The fourth-order valence-corrected chi connectivity index (χ4v) is 4.34. The number of carbonyl (C=O) groups excluding carboxylic acids is 3. The Morgan fingerprint density at radius 3 is 1.86 bits per heavy atom. The van der Waals surface area contributed by atoms with Crippen LogP contribution in [0.5, 0.6) is 0 Å². The van der Waals surface area contributed by atoms with Crippen molar-refractivity contribution >= 4 is 17.8 Å². The predicted octanol–water partition coefficient (Wildman–Crippen LogP) is 0.915. The maximum Gasteiger partial charge on any atom is 0.317 e. The van der Waals surface area contributed by atoms with Crippen LogP contribution >= 0.6 is 0 Å². The molecule has 0 aromatic carbocycles. The number of urea groups is 1. The second kappa shape index (κ2) is 10.1. The lowest BCUT2D eigenvalue weighted by Crippen LogP contribution is -2.57. The summed E-state index contributed by atoms with van der Waals surface area (Å²) >= 11 is 0. The molecule has 3 aliphatic rings. The van der Waals surface area contributed by atoms with Crippen LogP contribution in [0.4, 0.5) is 4.79 Å². The van der Waals surface area contributed by atoms with Crippen molar-refractivity contribution in [2.75, 3.05) is 59.0 Å². The van der Waals surface area contributed by atoms with Crippen LogP contribution in [-0.4, -0.2) is 91.6 Å². The second-order valence-electron chi connectivity index (χ2n) is 8.16. The van der Waals surface area contributed by atoms with Gasteiger partial charge in [0.15, 0.2) is 0 Å². The summed E-state index contributed by atoms with van der Waals surface area (Å²) in [5.74, 6) is 0.525. The second-order valence-corrected chi connectivity index (χ2v) is 8.16. The van der Waals surface area contributed by atoms with E-state index in [1.54, 1.807) is 14.7 Å². The van der Waals surface area contributed by atoms with Gasteiger partial charge in [-0.1, -0.05) is 26.2 Å². The van der Waals surface area contributed by atoms with Gasteiger partial charge in [0.2, 0.25) is 0 Å². The Morgan fingerprint density at radius 1 is 0.786 bits per heavy atom. The highest BCUT2D eigenvalue weighted by molar-refractivity contribution is 6.34. The number of ether oxygens (including phenoxy) is 1. The molecule has 158 valence electrons. The van der Waals surface area contributed by atoms with Crippen LogP contribution in [0.15, 0.2) is 0 Å². The SMILES string of the molecule is CCC1CCC(CNC(=O)N2CCN(C(=O)C(=O)N3CCOCC3)CC2)CC1. The number of nitrogens with one attached hydrogen (secondary N) is 1. The topological polar surface area (TPSA) is 82.2 Å². The normalized spacial score (nSPS) is 26.1. The standard InChI is InChI=1S/C20H34N4O4/c1-2-16-3-5-17(6-4-16)15-21-20(27)24-9-7-22(8-10-24)18(25)19(26)23-11-13-28-14-12-23/h16-17H,2-15H2,1H3,(H,21,27). The third-order valence-electron chi connectivity index (χ3n) is 6.42. The van der Waals surface area contributed by atoms with E-state index in [0.29, 0.717) is 58.4 Å². The van der Waals surface area contributed by atoms with E-state index in [0.717, 1.165) is 12.5 Å². The van der Waals surface area contributed by atoms with Gasteiger partial charge in [0.05, 0.1) is 13.2 Å². The Morgan fingerprint density at radius 2 is 1.29 bits per heavy atom. The van der Waals surface area contributed by atoms with Crippen LogP contribution in [0.1, 0.15) is 39.0 Å². The van der Waals surface area contributed by atoms with Crippen molar-refractivity contribution < 1.29 is 19.1 Å². The molecule has 0 atom stereocenters. The van der Waals surface area contributed by atoms with Crippen molar-refractivity contribution in [3.8, 4) is 0 Å². The molecule has 8 heteroatoms. The average Bonchev–Trinajstić information content (AvgIpc) is 2.77. The van der Waals surface area contributed by atoms with Gasteiger partial charge in [0.25, 0.3) is 0 Å². The minimum Gasteiger partial charge on any atom is -0.378 e. The minimum absolute atomic E-state index is 0.0516. The molecule has 8 nitrogen and oxygen atoms in total. The number of hydrogen-bond donors (Lipinski definition) is 1. The van der Waals surface area contributed by atoms with Gasteiger partial charge in [-0.2, -0.15) is 0 Å². The van der Waals surface area contributed by atoms with Crippen LogP contribution in [0.25, 0.3) is 0 Å². The van der Waals surface area contributed by atoms with Crippen molar-refractivity contribution in [3.63, 3.8) is 0 Å². The molecule has 0 radical (unpaired) electrons. The maximum absolute atomic E-state index is 12.4. The summed E-state index contributed by atoms with van der Waals surface area (Å²) in [5.41, 5.74) is 0. The van der Waals surface area contributed by atoms with Crippen molar-refractivity contribution in [1.82, 2.24) is 20.0 Å². The van der Waals surface area contributed by atoms with Gasteiger partial charge < -0.3 is 24.8 Å². The van der Waals surface area contributed by atoms with E-state index in [4.69, 9.17) is 4.74 Å². The van der Waals surface area contributed by atoms with E-state index in [-0.39, 0.29) is 6.03 Å². The van der Waals surface area contributed by atoms with E-state index in [1.807, 2.05) is 0 Å². The van der Waals surface area contributed by atoms with Crippen LogP contribution in [0.2, 0.25) is 0 Å². The molecule has 2 saturated heterocycles. The van der Waals surface area contributed by atoms with Crippen LogP contribution in [-0.2, 0) is 14.3 Å². The van der Waals surface area contributed by atoms with Crippen LogP contribution in [0.3, 0.4) is 0 Å². The molecular formula is C20H34N4O4. The fourth-order valence-electron chi connectivity index (χ4n) is 4.34. The number of hydrogen-bond acceptors (Lipinski definition) is 4. The van der Waals surface area contributed by atoms with E-state index >= 15 is 0 Å². The zero-order valence-electron chi connectivity index (χ0n) is 17.0. The van der Waals surface area contributed by atoms with Crippen molar-refractivity contribution in [2.45, 2.75) is 39.0 Å². The van der Waals surface area contributed by atoms with Gasteiger partial charge in [0.1, 0.15) is 0 Å². The van der Waals surface area contributed by atoms with Gasteiger partial charge in [0, 0.05) is 45.8 Å².